The molecule has 6 nitrogen and oxygen atoms in total. The number of morpholine rings is 1. The molecule has 36 heavy (non-hydrogen) atoms. The van der Waals surface area contributed by atoms with Crippen molar-refractivity contribution in [1.29, 1.82) is 0 Å². The number of carbonyl (C=O) groups excluding carboxylic acids is 1. The number of piperidine rings is 1. The highest BCUT2D eigenvalue weighted by Gasteiger charge is 2.65. The summed E-state index contributed by atoms with van der Waals surface area (Å²) in [6.07, 6.45) is 5.90. The first-order chi connectivity index (χ1) is 17.2. The molecule has 6 fully saturated rings. The molecule has 1 amide bonds. The van der Waals surface area contributed by atoms with E-state index < -0.39 is 11.6 Å². The van der Waals surface area contributed by atoms with E-state index in [9.17, 15) is 18.0 Å². The Hall–Kier alpha value is -1.71. The third kappa shape index (κ3) is 3.56. The van der Waals surface area contributed by atoms with Gasteiger partial charge in [-0.15, -0.1) is 0 Å². The number of pyridine rings is 1. The van der Waals surface area contributed by atoms with Gasteiger partial charge in [0.25, 0.3) is 0 Å². The molecule has 196 valence electrons. The Kier molecular flexibility index (Phi) is 5.14. The number of fused-ring (bicyclic) bond motifs is 1. The summed E-state index contributed by atoms with van der Waals surface area (Å²) in [5.41, 5.74) is 0.121. The molecule has 6 aliphatic rings. The van der Waals surface area contributed by atoms with Gasteiger partial charge in [0.15, 0.2) is 0 Å². The number of halogens is 3. The zero-order valence-corrected chi connectivity index (χ0v) is 20.7. The van der Waals surface area contributed by atoms with Crippen LogP contribution in [0.15, 0.2) is 18.3 Å². The number of aromatic nitrogens is 1. The van der Waals surface area contributed by atoms with E-state index in [0.717, 1.165) is 44.6 Å². The van der Waals surface area contributed by atoms with Crippen LogP contribution in [0.4, 0.5) is 13.2 Å². The molecule has 0 radical (unpaired) electrons. The summed E-state index contributed by atoms with van der Waals surface area (Å²) in [7, 11) is 0. The summed E-state index contributed by atoms with van der Waals surface area (Å²) < 4.78 is 45.9. The van der Waals surface area contributed by atoms with E-state index in [1.165, 1.54) is 32.1 Å². The molecule has 3 aliphatic heterocycles. The molecule has 1 N–H and O–H groups in total. The van der Waals surface area contributed by atoms with Crippen LogP contribution in [0.3, 0.4) is 0 Å². The number of hydrogen-bond donors (Lipinski definition) is 1. The maximum Gasteiger partial charge on any atom is 0.399 e. The lowest BCUT2D eigenvalue weighted by Crippen LogP contribution is -2.77. The van der Waals surface area contributed by atoms with E-state index in [2.05, 4.69) is 20.1 Å². The zero-order valence-electron chi connectivity index (χ0n) is 20.7. The van der Waals surface area contributed by atoms with Gasteiger partial charge in [-0.3, -0.25) is 19.6 Å². The van der Waals surface area contributed by atoms with Gasteiger partial charge in [-0.05, 0) is 80.8 Å². The number of amides is 1. The maximum absolute atomic E-state index is 13.4. The van der Waals surface area contributed by atoms with E-state index in [0.29, 0.717) is 11.3 Å². The maximum atomic E-state index is 13.4. The monoisotopic (exact) mass is 504 g/mol. The molecule has 4 heterocycles. The SMILES string of the molecule is O=C1CO[C@H]2CCN(C3(N4CC5(CC(Cc6ccc(C7(C(F)(F)F)CC7)nc6)C5)C4)CCC3)C[C@H]2N1. The standard InChI is InChI=1S/C27H35F3N4O2/c28-27(29,30)25(7-8-25)22-3-2-18(13-31-22)10-19-11-24(12-19)16-34(17-24)26(5-1-6-26)33-9-4-21-20(14-33)32-23(35)15-36-21/h2-3,13,19-21H,1,4-12,14-17H2,(H,32,35)/t20-,21+/m1/s1. The van der Waals surface area contributed by atoms with Gasteiger partial charge in [-0.1, -0.05) is 6.07 Å². The second-order valence-corrected chi connectivity index (χ2v) is 12.6. The number of nitrogens with zero attached hydrogens (tertiary/aromatic N) is 3. The highest BCUT2D eigenvalue weighted by molar-refractivity contribution is 5.78. The van der Waals surface area contributed by atoms with E-state index in [-0.39, 0.29) is 48.9 Å². The summed E-state index contributed by atoms with van der Waals surface area (Å²) in [6.45, 7) is 4.38. The molecule has 3 saturated carbocycles. The van der Waals surface area contributed by atoms with E-state index in [4.69, 9.17) is 4.74 Å². The first-order valence-corrected chi connectivity index (χ1v) is 13.6. The topological polar surface area (TPSA) is 57.7 Å². The fraction of sp³-hybridized carbons (Fsp3) is 0.778. The minimum absolute atomic E-state index is 0.00131. The summed E-state index contributed by atoms with van der Waals surface area (Å²) in [6, 6.07) is 3.58. The fourth-order valence-electron chi connectivity index (χ4n) is 8.00. The van der Waals surface area contributed by atoms with Crippen LogP contribution in [0.5, 0.6) is 0 Å². The van der Waals surface area contributed by atoms with Crippen molar-refractivity contribution in [2.75, 3.05) is 32.8 Å². The highest BCUT2D eigenvalue weighted by atomic mass is 19.4. The van der Waals surface area contributed by atoms with E-state index in [1.807, 2.05) is 6.07 Å². The number of hydrogen-bond acceptors (Lipinski definition) is 5. The first-order valence-electron chi connectivity index (χ1n) is 13.6. The van der Waals surface area contributed by atoms with Gasteiger partial charge in [0.2, 0.25) is 5.91 Å². The Morgan fingerprint density at radius 3 is 2.50 bits per heavy atom. The Morgan fingerprint density at radius 2 is 1.89 bits per heavy atom. The zero-order chi connectivity index (χ0) is 24.8. The minimum atomic E-state index is -4.20. The Balaban J connectivity index is 0.929. The molecular weight excluding hydrogens is 469 g/mol. The van der Waals surface area contributed by atoms with Crippen molar-refractivity contribution in [1.82, 2.24) is 20.1 Å². The molecule has 2 atom stereocenters. The number of likely N-dealkylation sites (tertiary alicyclic amines) is 2. The van der Waals surface area contributed by atoms with Crippen LogP contribution in [0, 0.1) is 11.3 Å². The van der Waals surface area contributed by atoms with Gasteiger partial charge in [0.05, 0.1) is 23.5 Å². The van der Waals surface area contributed by atoms with Crippen LogP contribution in [0.2, 0.25) is 0 Å². The molecule has 3 saturated heterocycles. The smallest absolute Gasteiger partial charge is 0.366 e. The Morgan fingerprint density at radius 1 is 1.11 bits per heavy atom. The van der Waals surface area contributed by atoms with Crippen LogP contribution in [-0.2, 0) is 21.4 Å². The lowest BCUT2D eigenvalue weighted by molar-refractivity contribution is -0.225. The van der Waals surface area contributed by atoms with Crippen molar-refractivity contribution in [2.24, 2.45) is 11.3 Å². The third-order valence-corrected chi connectivity index (χ3v) is 10.3. The number of rotatable bonds is 5. The molecule has 9 heteroatoms. The predicted molar refractivity (Wildman–Crippen MR) is 126 cm³/mol. The summed E-state index contributed by atoms with van der Waals surface area (Å²) >= 11 is 0. The molecule has 7 rings (SSSR count). The third-order valence-electron chi connectivity index (χ3n) is 10.3. The molecule has 1 aromatic rings. The molecular formula is C27H35F3N4O2. The Bertz CT molecular complexity index is 1020. The van der Waals surface area contributed by atoms with Crippen molar-refractivity contribution in [3.63, 3.8) is 0 Å². The van der Waals surface area contributed by atoms with Crippen molar-refractivity contribution >= 4 is 5.91 Å². The first kappa shape index (κ1) is 23.4. The van der Waals surface area contributed by atoms with Crippen LogP contribution in [0.25, 0.3) is 0 Å². The van der Waals surface area contributed by atoms with Gasteiger partial charge in [0.1, 0.15) is 12.0 Å². The van der Waals surface area contributed by atoms with Crippen LogP contribution in [-0.4, -0.2) is 77.5 Å². The van der Waals surface area contributed by atoms with Gasteiger partial charge < -0.3 is 10.1 Å². The molecule has 0 unspecified atom stereocenters. The molecule has 1 aromatic heterocycles. The largest absolute Gasteiger partial charge is 0.399 e. The van der Waals surface area contributed by atoms with Crippen molar-refractivity contribution in [3.8, 4) is 0 Å². The normalized spacial score (nSPS) is 33.1. The quantitative estimate of drug-likeness (QED) is 0.666. The number of alkyl halides is 3. The Labute approximate surface area is 209 Å². The average molecular weight is 505 g/mol. The summed E-state index contributed by atoms with van der Waals surface area (Å²) in [5, 5.41) is 3.15. The molecule has 3 aliphatic carbocycles. The van der Waals surface area contributed by atoms with Gasteiger partial charge in [-0.2, -0.15) is 13.2 Å². The highest BCUT2D eigenvalue weighted by Crippen LogP contribution is 2.59. The summed E-state index contributed by atoms with van der Waals surface area (Å²) in [4.78, 5) is 21.4. The van der Waals surface area contributed by atoms with E-state index in [1.54, 1.807) is 12.3 Å². The minimum Gasteiger partial charge on any atom is -0.366 e. The van der Waals surface area contributed by atoms with Crippen LogP contribution < -0.4 is 5.32 Å². The van der Waals surface area contributed by atoms with Gasteiger partial charge in [0, 0.05) is 32.4 Å². The second kappa shape index (κ2) is 7.90. The second-order valence-electron chi connectivity index (χ2n) is 12.6. The average Bonchev–Trinajstić information content (AvgIpc) is 3.57. The fourth-order valence-corrected chi connectivity index (χ4v) is 8.00. The number of carbonyl (C=O) groups is 1. The number of ether oxygens (including phenoxy) is 1. The van der Waals surface area contributed by atoms with E-state index >= 15 is 0 Å². The lowest BCUT2D eigenvalue weighted by atomic mass is 9.55. The van der Waals surface area contributed by atoms with Gasteiger partial charge in [-0.25, -0.2) is 0 Å². The summed E-state index contributed by atoms with van der Waals surface area (Å²) in [5.74, 6) is 0.599. The van der Waals surface area contributed by atoms with Crippen LogP contribution in [0.1, 0.15) is 62.6 Å². The predicted octanol–water partition coefficient (Wildman–Crippen LogP) is 3.40. The molecule has 0 aromatic carbocycles. The molecule has 0 bridgehead atoms. The van der Waals surface area contributed by atoms with Gasteiger partial charge >= 0.3 is 6.18 Å². The molecule has 1 spiro atoms. The van der Waals surface area contributed by atoms with Crippen LogP contribution >= 0.6 is 0 Å². The van der Waals surface area contributed by atoms with Crippen molar-refractivity contribution in [3.05, 3.63) is 29.6 Å². The van der Waals surface area contributed by atoms with Crippen molar-refractivity contribution in [2.45, 2.75) is 87.2 Å². The lowest BCUT2D eigenvalue weighted by Gasteiger charge is -2.69. The number of nitrogens with one attached hydrogen (secondary N) is 1. The van der Waals surface area contributed by atoms with Crippen molar-refractivity contribution < 1.29 is 22.7 Å².